The molecule has 0 unspecified atom stereocenters. The molecular formula is C20H12ClN5O3S. The number of amides is 2. The largest absolute Gasteiger partial charge is 0.325 e. The summed E-state index contributed by atoms with van der Waals surface area (Å²) < 4.78 is 1.42. The molecule has 2 amide bonds. The molecule has 1 aliphatic heterocycles. The fourth-order valence-corrected chi connectivity index (χ4v) is 4.46. The molecule has 0 saturated carbocycles. The number of halogens is 1. The first-order valence-electron chi connectivity index (χ1n) is 8.86. The molecule has 0 atom stereocenters. The Kier molecular flexibility index (Phi) is 4.34. The molecule has 0 spiro atoms. The van der Waals surface area contributed by atoms with E-state index >= 15 is 0 Å². The van der Waals surface area contributed by atoms with Crippen molar-refractivity contribution in [3.05, 3.63) is 80.3 Å². The third-order valence-corrected chi connectivity index (χ3v) is 5.97. The van der Waals surface area contributed by atoms with Crippen LogP contribution in [0.4, 0.5) is 11.4 Å². The summed E-state index contributed by atoms with van der Waals surface area (Å²) >= 11 is 6.96. The van der Waals surface area contributed by atoms with Crippen LogP contribution in [0.1, 0.15) is 5.56 Å². The highest BCUT2D eigenvalue weighted by Crippen LogP contribution is 2.35. The van der Waals surface area contributed by atoms with E-state index in [-0.39, 0.29) is 22.6 Å². The summed E-state index contributed by atoms with van der Waals surface area (Å²) in [6, 6.07) is 13.7. The van der Waals surface area contributed by atoms with Crippen LogP contribution in [0.5, 0.6) is 0 Å². The fourth-order valence-electron chi connectivity index (χ4n) is 3.36. The molecule has 2 aromatic heterocycles. The van der Waals surface area contributed by atoms with Crippen molar-refractivity contribution in [2.45, 2.75) is 0 Å². The maximum atomic E-state index is 13.3. The Bertz CT molecular complexity index is 1430. The highest BCUT2D eigenvalue weighted by Gasteiger charge is 2.35. The first-order chi connectivity index (χ1) is 14.5. The third kappa shape index (κ3) is 2.95. The molecule has 4 aromatic rings. The van der Waals surface area contributed by atoms with E-state index in [1.165, 1.54) is 15.7 Å². The molecule has 10 heteroatoms. The average Bonchev–Trinajstić information content (AvgIpc) is 3.39. The molecule has 1 aliphatic rings. The van der Waals surface area contributed by atoms with Gasteiger partial charge in [0.2, 0.25) is 10.9 Å². The number of fused-ring (bicyclic) bond motifs is 2. The van der Waals surface area contributed by atoms with Crippen LogP contribution in [0.3, 0.4) is 0 Å². The average molecular weight is 438 g/mol. The Hall–Kier alpha value is -3.56. The molecule has 0 fully saturated rings. The van der Waals surface area contributed by atoms with Gasteiger partial charge in [0.25, 0.3) is 11.5 Å². The van der Waals surface area contributed by atoms with Crippen LogP contribution in [0.25, 0.3) is 10.5 Å². The van der Waals surface area contributed by atoms with Gasteiger partial charge in [-0.1, -0.05) is 41.1 Å². The number of nitrogens with zero attached hydrogens (tertiary/aromatic N) is 4. The molecule has 1 N–H and O–H groups in total. The summed E-state index contributed by atoms with van der Waals surface area (Å²) in [4.78, 5) is 44.4. The summed E-state index contributed by atoms with van der Waals surface area (Å²) in [6.07, 6.45) is 1.29. The van der Waals surface area contributed by atoms with Gasteiger partial charge in [0.05, 0.1) is 11.3 Å². The monoisotopic (exact) mass is 437 g/mol. The smallest absolute Gasteiger partial charge is 0.291 e. The summed E-state index contributed by atoms with van der Waals surface area (Å²) in [6.45, 7) is -0.197. The normalized spacial score (nSPS) is 15.0. The summed E-state index contributed by atoms with van der Waals surface area (Å²) in [7, 11) is 0. The van der Waals surface area contributed by atoms with Gasteiger partial charge in [-0.15, -0.1) is 0 Å². The topological polar surface area (TPSA) is 96.7 Å². The van der Waals surface area contributed by atoms with Gasteiger partial charge in [0, 0.05) is 16.3 Å². The number of benzene rings is 2. The van der Waals surface area contributed by atoms with Crippen molar-refractivity contribution < 1.29 is 9.59 Å². The van der Waals surface area contributed by atoms with Crippen molar-refractivity contribution in [2.24, 2.45) is 0 Å². The maximum Gasteiger partial charge on any atom is 0.291 e. The van der Waals surface area contributed by atoms with Gasteiger partial charge in [-0.05, 0) is 30.3 Å². The van der Waals surface area contributed by atoms with Crippen LogP contribution < -0.4 is 20.3 Å². The Morgan fingerprint density at radius 2 is 1.87 bits per heavy atom. The lowest BCUT2D eigenvalue weighted by Gasteiger charge is -2.16. The Balaban J connectivity index is 1.54. The minimum Gasteiger partial charge on any atom is -0.325 e. The second kappa shape index (κ2) is 7.05. The number of para-hydroxylation sites is 1. The number of hydrogen-bond donors (Lipinski definition) is 1. The number of aromatic nitrogens is 3. The predicted octanol–water partition coefficient (Wildman–Crippen LogP) is 1.71. The zero-order valence-corrected chi connectivity index (χ0v) is 16.8. The van der Waals surface area contributed by atoms with E-state index in [0.717, 1.165) is 11.3 Å². The molecule has 2 aromatic carbocycles. The van der Waals surface area contributed by atoms with Crippen LogP contribution in [-0.4, -0.2) is 33.0 Å². The second-order valence-electron chi connectivity index (χ2n) is 6.53. The fraction of sp³-hybridized carbons (Fsp3) is 0.0500. The number of hydrogen-bond acceptors (Lipinski definition) is 6. The molecule has 0 radical (unpaired) electrons. The highest BCUT2D eigenvalue weighted by molar-refractivity contribution is 7.15. The molecular weight excluding hydrogens is 426 g/mol. The van der Waals surface area contributed by atoms with Gasteiger partial charge >= 0.3 is 0 Å². The van der Waals surface area contributed by atoms with Crippen molar-refractivity contribution in [2.75, 3.05) is 16.8 Å². The van der Waals surface area contributed by atoms with Gasteiger partial charge in [-0.25, -0.2) is 4.98 Å². The van der Waals surface area contributed by atoms with Crippen LogP contribution >= 0.6 is 22.9 Å². The highest BCUT2D eigenvalue weighted by atomic mass is 35.5. The number of rotatable bonds is 3. The molecule has 0 bridgehead atoms. The molecule has 30 heavy (non-hydrogen) atoms. The van der Waals surface area contributed by atoms with E-state index in [1.807, 2.05) is 0 Å². The molecule has 0 saturated heterocycles. The van der Waals surface area contributed by atoms with Crippen molar-refractivity contribution >= 4 is 56.7 Å². The zero-order valence-electron chi connectivity index (χ0n) is 15.2. The summed E-state index contributed by atoms with van der Waals surface area (Å²) in [5, 5.41) is 7.21. The Morgan fingerprint density at radius 3 is 2.63 bits per heavy atom. The lowest BCUT2D eigenvalue weighted by Crippen LogP contribution is -2.37. The first kappa shape index (κ1) is 18.5. The number of carbonyl (C=O) groups is 2. The number of nitrogens with one attached hydrogen (secondary N) is 1. The first-order valence-corrected chi connectivity index (χ1v) is 10.1. The molecule has 3 heterocycles. The Morgan fingerprint density at radius 1 is 1.10 bits per heavy atom. The Labute approximate surface area is 178 Å². The number of thiazole rings is 1. The van der Waals surface area contributed by atoms with Crippen LogP contribution in [-0.2, 0) is 9.59 Å². The minimum absolute atomic E-state index is 0.197. The van der Waals surface area contributed by atoms with E-state index in [2.05, 4.69) is 15.4 Å². The number of anilines is 2. The quantitative estimate of drug-likeness (QED) is 0.526. The molecule has 5 rings (SSSR count). The van der Waals surface area contributed by atoms with Gasteiger partial charge in [0.15, 0.2) is 0 Å². The molecule has 8 nitrogen and oxygen atoms in total. The van der Waals surface area contributed by atoms with Gasteiger partial charge in [-0.2, -0.15) is 9.61 Å². The standard InChI is InChI=1S/C20H12ClN5O3S/c21-11-5-7-12(8-6-11)24-15(27)9-25-14-4-2-1-3-13(14)16(18(25)28)17-19(29)26-20(30-17)22-10-23-26/h1-8,10H,9H2,(H,24,27)/b17-16-. The zero-order chi connectivity index (χ0) is 20.8. The van der Waals surface area contributed by atoms with E-state index in [1.54, 1.807) is 48.5 Å². The van der Waals surface area contributed by atoms with Crippen molar-refractivity contribution in [3.8, 4) is 0 Å². The molecule has 0 aliphatic carbocycles. The summed E-state index contributed by atoms with van der Waals surface area (Å²) in [5.41, 5.74) is 1.59. The minimum atomic E-state index is -0.413. The lowest BCUT2D eigenvalue weighted by molar-refractivity contribution is -0.118. The van der Waals surface area contributed by atoms with E-state index in [9.17, 15) is 14.4 Å². The van der Waals surface area contributed by atoms with Gasteiger partial charge in [0.1, 0.15) is 17.4 Å². The maximum absolute atomic E-state index is 13.3. The van der Waals surface area contributed by atoms with Crippen LogP contribution in [0.2, 0.25) is 5.02 Å². The van der Waals surface area contributed by atoms with Gasteiger partial charge in [-0.3, -0.25) is 19.3 Å². The van der Waals surface area contributed by atoms with E-state index in [0.29, 0.717) is 26.9 Å². The van der Waals surface area contributed by atoms with E-state index in [4.69, 9.17) is 11.6 Å². The van der Waals surface area contributed by atoms with Crippen LogP contribution in [0.15, 0.2) is 59.7 Å². The summed E-state index contributed by atoms with van der Waals surface area (Å²) in [5.74, 6) is -0.782. The van der Waals surface area contributed by atoms with Crippen molar-refractivity contribution in [1.82, 2.24) is 14.6 Å². The molecule has 148 valence electrons. The van der Waals surface area contributed by atoms with Gasteiger partial charge < -0.3 is 5.32 Å². The van der Waals surface area contributed by atoms with Crippen molar-refractivity contribution in [1.29, 1.82) is 0 Å². The number of carbonyl (C=O) groups excluding carboxylic acids is 2. The van der Waals surface area contributed by atoms with E-state index < -0.39 is 11.5 Å². The SMILES string of the molecule is O=C(CN1C(=O)/C(=c2\sc3ncnn3c2=O)c2ccccc21)Nc1ccc(Cl)cc1. The third-order valence-electron chi connectivity index (χ3n) is 4.68. The predicted molar refractivity (Wildman–Crippen MR) is 114 cm³/mol. The lowest BCUT2D eigenvalue weighted by atomic mass is 10.1. The van der Waals surface area contributed by atoms with Crippen LogP contribution in [0, 0.1) is 0 Å². The van der Waals surface area contributed by atoms with Crippen molar-refractivity contribution in [3.63, 3.8) is 0 Å². The second-order valence-corrected chi connectivity index (χ2v) is 7.94.